The molecule has 1 spiro atoms. The van der Waals surface area contributed by atoms with Gasteiger partial charge in [-0.3, -0.25) is 0 Å². The van der Waals surface area contributed by atoms with Crippen LogP contribution in [0.15, 0.2) is 5.10 Å². The van der Waals surface area contributed by atoms with E-state index in [-0.39, 0.29) is 0 Å². The van der Waals surface area contributed by atoms with Crippen LogP contribution in [-0.2, 0) is 0 Å². The van der Waals surface area contributed by atoms with E-state index in [1.165, 1.54) is 25.7 Å². The summed E-state index contributed by atoms with van der Waals surface area (Å²) in [6.07, 6.45) is 6.43. The summed E-state index contributed by atoms with van der Waals surface area (Å²) < 4.78 is 1.09. The van der Waals surface area contributed by atoms with Crippen molar-refractivity contribution in [2.45, 2.75) is 37.6 Å². The number of nitrogens with one attached hydrogen (secondary N) is 1. The molecule has 0 aromatic carbocycles. The molecule has 0 radical (unpaired) electrons. The van der Waals surface area contributed by atoms with Crippen molar-refractivity contribution in [3.63, 3.8) is 0 Å². The molecule has 2 aliphatic rings. The molecule has 2 rings (SSSR count). The van der Waals surface area contributed by atoms with Crippen LogP contribution in [0, 0.1) is 0 Å². The van der Waals surface area contributed by atoms with Crippen molar-refractivity contribution in [3.05, 3.63) is 0 Å². The molecule has 56 valence electrons. The Morgan fingerprint density at radius 2 is 2.10 bits per heavy atom. The summed E-state index contributed by atoms with van der Waals surface area (Å²) in [5, 5.41) is 4.15. The Morgan fingerprint density at radius 3 is 2.60 bits per heavy atom. The molecule has 2 nitrogen and oxygen atoms in total. The zero-order chi connectivity index (χ0) is 7.03. The van der Waals surface area contributed by atoms with Crippen LogP contribution >= 0.6 is 15.9 Å². The molecule has 1 aliphatic carbocycles. The molecular formula is C7H11BrN2. The van der Waals surface area contributed by atoms with Gasteiger partial charge in [-0.25, -0.2) is 0 Å². The van der Waals surface area contributed by atoms with E-state index in [0.29, 0.717) is 5.54 Å². The van der Waals surface area contributed by atoms with E-state index >= 15 is 0 Å². The van der Waals surface area contributed by atoms with Crippen molar-refractivity contribution in [1.29, 1.82) is 0 Å². The van der Waals surface area contributed by atoms with Crippen LogP contribution in [0.25, 0.3) is 0 Å². The molecule has 0 atom stereocenters. The van der Waals surface area contributed by atoms with Gasteiger partial charge in [0.25, 0.3) is 0 Å². The number of hydrogen-bond donors (Lipinski definition) is 1. The maximum absolute atomic E-state index is 4.15. The second-order valence-corrected chi connectivity index (χ2v) is 4.18. The highest BCUT2D eigenvalue weighted by molar-refractivity contribution is 9.18. The third-order valence-electron chi connectivity index (χ3n) is 2.46. The second kappa shape index (κ2) is 2.22. The third-order valence-corrected chi connectivity index (χ3v) is 2.92. The van der Waals surface area contributed by atoms with Gasteiger partial charge in [0.15, 0.2) is 0 Å². The first-order valence-electron chi connectivity index (χ1n) is 3.80. The summed E-state index contributed by atoms with van der Waals surface area (Å²) in [4.78, 5) is 0. The molecule has 0 aromatic heterocycles. The van der Waals surface area contributed by atoms with Crippen LogP contribution in [0.3, 0.4) is 0 Å². The maximum Gasteiger partial charge on any atom is 0.105 e. The molecule has 3 heteroatoms. The van der Waals surface area contributed by atoms with Gasteiger partial charge in [0, 0.05) is 6.42 Å². The third kappa shape index (κ3) is 0.965. The molecule has 0 unspecified atom stereocenters. The average Bonchev–Trinajstić information content (AvgIpc) is 2.46. The van der Waals surface area contributed by atoms with Gasteiger partial charge in [-0.2, -0.15) is 5.10 Å². The Morgan fingerprint density at radius 1 is 1.40 bits per heavy atom. The first kappa shape index (κ1) is 6.65. The van der Waals surface area contributed by atoms with Crippen LogP contribution in [0.5, 0.6) is 0 Å². The zero-order valence-corrected chi connectivity index (χ0v) is 7.45. The Bertz CT molecular complexity index is 170. The van der Waals surface area contributed by atoms with E-state index in [2.05, 4.69) is 26.5 Å². The Hall–Kier alpha value is -0.0500. The van der Waals surface area contributed by atoms with Gasteiger partial charge >= 0.3 is 0 Å². The summed E-state index contributed by atoms with van der Waals surface area (Å²) in [6, 6.07) is 0. The molecular weight excluding hydrogens is 192 g/mol. The maximum atomic E-state index is 4.15. The van der Waals surface area contributed by atoms with Gasteiger partial charge in [-0.15, -0.1) is 0 Å². The molecule has 10 heavy (non-hydrogen) atoms. The number of hydrogen-bond acceptors (Lipinski definition) is 2. The van der Waals surface area contributed by atoms with Crippen molar-refractivity contribution in [2.24, 2.45) is 5.10 Å². The topological polar surface area (TPSA) is 24.4 Å². The number of halogens is 1. The Balaban J connectivity index is 2.07. The molecule has 0 amide bonds. The van der Waals surface area contributed by atoms with Crippen molar-refractivity contribution in [3.8, 4) is 0 Å². The lowest BCUT2D eigenvalue weighted by atomic mass is 9.96. The minimum Gasteiger partial charge on any atom is -0.303 e. The normalized spacial score (nSPS) is 28.7. The number of rotatable bonds is 0. The lowest BCUT2D eigenvalue weighted by Gasteiger charge is -2.21. The molecule has 1 saturated carbocycles. The minimum absolute atomic E-state index is 0.360. The van der Waals surface area contributed by atoms with Gasteiger partial charge in [0.05, 0.1) is 5.54 Å². The fourth-order valence-corrected chi connectivity index (χ4v) is 2.50. The summed E-state index contributed by atoms with van der Waals surface area (Å²) in [5.74, 6) is 0. The van der Waals surface area contributed by atoms with Crippen molar-refractivity contribution < 1.29 is 0 Å². The van der Waals surface area contributed by atoms with Crippen LogP contribution in [0.4, 0.5) is 0 Å². The van der Waals surface area contributed by atoms with Gasteiger partial charge < -0.3 is 5.43 Å². The molecule has 1 aliphatic heterocycles. The molecule has 1 N–H and O–H groups in total. The van der Waals surface area contributed by atoms with Crippen LogP contribution in [-0.4, -0.2) is 10.2 Å². The van der Waals surface area contributed by atoms with Crippen molar-refractivity contribution in [2.75, 3.05) is 0 Å². The van der Waals surface area contributed by atoms with E-state index in [4.69, 9.17) is 0 Å². The lowest BCUT2D eigenvalue weighted by molar-refractivity contribution is 0.378. The summed E-state index contributed by atoms with van der Waals surface area (Å²) in [6.45, 7) is 0. The summed E-state index contributed by atoms with van der Waals surface area (Å²) in [7, 11) is 0. The van der Waals surface area contributed by atoms with E-state index < -0.39 is 0 Å². The predicted molar refractivity (Wildman–Crippen MR) is 45.3 cm³/mol. The Labute approximate surface area is 69.2 Å². The zero-order valence-electron chi connectivity index (χ0n) is 5.86. The molecule has 1 fully saturated rings. The van der Waals surface area contributed by atoms with E-state index in [0.717, 1.165) is 11.0 Å². The molecule has 1 heterocycles. The average molecular weight is 203 g/mol. The highest BCUT2D eigenvalue weighted by Crippen LogP contribution is 2.36. The lowest BCUT2D eigenvalue weighted by Crippen LogP contribution is -2.35. The monoisotopic (exact) mass is 202 g/mol. The van der Waals surface area contributed by atoms with E-state index in [1.807, 2.05) is 0 Å². The van der Waals surface area contributed by atoms with Gasteiger partial charge in [-0.05, 0) is 28.8 Å². The van der Waals surface area contributed by atoms with Gasteiger partial charge in [0.1, 0.15) is 4.62 Å². The van der Waals surface area contributed by atoms with Crippen molar-refractivity contribution >= 4 is 20.6 Å². The van der Waals surface area contributed by atoms with E-state index in [1.54, 1.807) is 0 Å². The van der Waals surface area contributed by atoms with Crippen LogP contribution in [0.2, 0.25) is 0 Å². The fourth-order valence-electron chi connectivity index (χ4n) is 1.88. The quantitative estimate of drug-likeness (QED) is 0.639. The first-order chi connectivity index (χ1) is 4.81. The molecule has 0 bridgehead atoms. The van der Waals surface area contributed by atoms with E-state index in [9.17, 15) is 0 Å². The molecule has 0 aromatic rings. The van der Waals surface area contributed by atoms with Gasteiger partial charge in [-0.1, -0.05) is 12.8 Å². The second-order valence-electron chi connectivity index (χ2n) is 3.26. The predicted octanol–water partition coefficient (Wildman–Crippen LogP) is 2.00. The summed E-state index contributed by atoms with van der Waals surface area (Å²) in [5.41, 5.74) is 3.58. The highest BCUT2D eigenvalue weighted by Gasteiger charge is 2.37. The van der Waals surface area contributed by atoms with Gasteiger partial charge in [0.2, 0.25) is 0 Å². The highest BCUT2D eigenvalue weighted by atomic mass is 79.9. The van der Waals surface area contributed by atoms with Crippen LogP contribution in [0.1, 0.15) is 32.1 Å². The Kier molecular flexibility index (Phi) is 1.48. The number of nitrogens with zero attached hydrogens (tertiary/aromatic N) is 1. The first-order valence-corrected chi connectivity index (χ1v) is 4.59. The fraction of sp³-hybridized carbons (Fsp3) is 0.857. The largest absolute Gasteiger partial charge is 0.303 e. The molecule has 0 saturated heterocycles. The summed E-state index contributed by atoms with van der Waals surface area (Å²) >= 11 is 3.41. The number of hydrazone groups is 1. The smallest absolute Gasteiger partial charge is 0.105 e. The minimum atomic E-state index is 0.360. The SMILES string of the molecule is BrC1=NNC2(CCCC2)C1. The standard InChI is InChI=1S/C7H11BrN2/c8-6-5-7(10-9-6)3-1-2-4-7/h10H,1-5H2. The van der Waals surface area contributed by atoms with Crippen molar-refractivity contribution in [1.82, 2.24) is 5.43 Å². The van der Waals surface area contributed by atoms with Crippen LogP contribution < -0.4 is 5.43 Å².